The monoisotopic (exact) mass is 290 g/mol. The number of carbonyl (C=O) groups excluding carboxylic acids is 2. The minimum atomic E-state index is -0.700. The van der Waals surface area contributed by atoms with Crippen LogP contribution in [0.4, 0.5) is 0 Å². The fourth-order valence-corrected chi connectivity index (χ4v) is 2.65. The summed E-state index contributed by atoms with van der Waals surface area (Å²) in [5.41, 5.74) is 0.691. The average molecular weight is 290 g/mol. The van der Waals surface area contributed by atoms with Crippen LogP contribution in [-0.2, 0) is 16.6 Å². The lowest BCUT2D eigenvalue weighted by Gasteiger charge is -2.33. The fourth-order valence-electron chi connectivity index (χ4n) is 2.65. The molecule has 0 radical (unpaired) electrons. The first-order valence-corrected chi connectivity index (χ1v) is 7.21. The van der Waals surface area contributed by atoms with Crippen LogP contribution >= 0.6 is 0 Å². The maximum Gasteiger partial charge on any atom is 0.249 e. The number of nitrogens with one attached hydrogen (secondary N) is 1. The number of hydrogen-bond donors (Lipinski definition) is 1. The molecule has 0 saturated carbocycles. The van der Waals surface area contributed by atoms with Crippen LogP contribution in [0.1, 0.15) is 31.4 Å². The van der Waals surface area contributed by atoms with Crippen molar-refractivity contribution in [2.24, 2.45) is 13.0 Å². The van der Waals surface area contributed by atoms with Gasteiger partial charge in [0.05, 0.1) is 6.20 Å². The van der Waals surface area contributed by atoms with E-state index in [0.717, 1.165) is 25.9 Å². The molecule has 1 aromatic heterocycles. The molecule has 1 N–H and O–H groups in total. The first kappa shape index (κ1) is 15.3. The van der Waals surface area contributed by atoms with Crippen molar-refractivity contribution >= 4 is 11.8 Å². The Kier molecular flexibility index (Phi) is 4.77. The van der Waals surface area contributed by atoms with Crippen molar-refractivity contribution < 1.29 is 9.59 Å². The van der Waals surface area contributed by atoms with Crippen molar-refractivity contribution in [3.63, 3.8) is 0 Å². The SMILES string of the molecule is C=CC(=O)N[C@H](C(=O)N1CCC[C@@H](C)C1)c1cnn(C)c1. The Balaban J connectivity index is 2.19. The minimum Gasteiger partial charge on any atom is -0.340 e. The van der Waals surface area contributed by atoms with Gasteiger partial charge in [-0.25, -0.2) is 0 Å². The van der Waals surface area contributed by atoms with Gasteiger partial charge in [0.15, 0.2) is 0 Å². The van der Waals surface area contributed by atoms with Gasteiger partial charge in [-0.2, -0.15) is 5.10 Å². The van der Waals surface area contributed by atoms with Crippen LogP contribution in [-0.4, -0.2) is 39.6 Å². The number of amides is 2. The van der Waals surface area contributed by atoms with E-state index in [0.29, 0.717) is 11.5 Å². The van der Waals surface area contributed by atoms with Crippen LogP contribution < -0.4 is 5.32 Å². The molecule has 6 heteroatoms. The maximum absolute atomic E-state index is 12.7. The zero-order chi connectivity index (χ0) is 15.4. The van der Waals surface area contributed by atoms with E-state index < -0.39 is 6.04 Å². The third-order valence-corrected chi connectivity index (χ3v) is 3.75. The van der Waals surface area contributed by atoms with Gasteiger partial charge in [0.2, 0.25) is 11.8 Å². The van der Waals surface area contributed by atoms with Gasteiger partial charge in [-0.3, -0.25) is 14.3 Å². The van der Waals surface area contributed by atoms with Gasteiger partial charge in [-0.1, -0.05) is 13.5 Å². The van der Waals surface area contributed by atoms with Crippen molar-refractivity contribution in [1.29, 1.82) is 0 Å². The molecular weight excluding hydrogens is 268 g/mol. The molecule has 2 heterocycles. The van der Waals surface area contributed by atoms with Gasteiger partial charge in [0.1, 0.15) is 6.04 Å². The van der Waals surface area contributed by atoms with Crippen molar-refractivity contribution in [1.82, 2.24) is 20.0 Å². The Morgan fingerprint density at radius 2 is 2.33 bits per heavy atom. The molecule has 0 unspecified atom stereocenters. The van der Waals surface area contributed by atoms with Crippen LogP contribution in [0.25, 0.3) is 0 Å². The number of hydrogen-bond acceptors (Lipinski definition) is 3. The molecule has 2 atom stereocenters. The summed E-state index contributed by atoms with van der Waals surface area (Å²) in [5, 5.41) is 6.79. The third-order valence-electron chi connectivity index (χ3n) is 3.75. The Bertz CT molecular complexity index is 538. The Labute approximate surface area is 124 Å². The normalized spacial score (nSPS) is 19.9. The number of carbonyl (C=O) groups is 2. The fraction of sp³-hybridized carbons (Fsp3) is 0.533. The molecule has 2 rings (SSSR count). The summed E-state index contributed by atoms with van der Waals surface area (Å²) in [6.45, 7) is 7.05. The number of piperidine rings is 1. The lowest BCUT2D eigenvalue weighted by molar-refractivity contribution is -0.137. The molecule has 1 aliphatic heterocycles. The first-order valence-electron chi connectivity index (χ1n) is 7.21. The van der Waals surface area contributed by atoms with E-state index in [9.17, 15) is 9.59 Å². The molecule has 21 heavy (non-hydrogen) atoms. The van der Waals surface area contributed by atoms with Crippen molar-refractivity contribution in [2.45, 2.75) is 25.8 Å². The van der Waals surface area contributed by atoms with Crippen molar-refractivity contribution in [2.75, 3.05) is 13.1 Å². The Morgan fingerprint density at radius 3 is 2.90 bits per heavy atom. The minimum absolute atomic E-state index is 0.0789. The molecule has 0 bridgehead atoms. The molecule has 1 saturated heterocycles. The summed E-state index contributed by atoms with van der Waals surface area (Å²) in [6, 6.07) is -0.700. The summed E-state index contributed by atoms with van der Waals surface area (Å²) in [4.78, 5) is 26.2. The number of aromatic nitrogens is 2. The second kappa shape index (κ2) is 6.56. The molecule has 1 aromatic rings. The van der Waals surface area contributed by atoms with E-state index >= 15 is 0 Å². The molecular formula is C15H22N4O2. The third kappa shape index (κ3) is 3.71. The Morgan fingerprint density at radius 1 is 1.57 bits per heavy atom. The van der Waals surface area contributed by atoms with E-state index in [1.54, 1.807) is 24.1 Å². The highest BCUT2D eigenvalue weighted by Gasteiger charge is 2.30. The molecule has 1 aliphatic rings. The largest absolute Gasteiger partial charge is 0.340 e. The van der Waals surface area contributed by atoms with E-state index in [4.69, 9.17) is 0 Å². The number of likely N-dealkylation sites (tertiary alicyclic amines) is 1. The number of nitrogens with zero attached hydrogens (tertiary/aromatic N) is 3. The molecule has 0 aliphatic carbocycles. The van der Waals surface area contributed by atoms with Crippen molar-refractivity contribution in [3.05, 3.63) is 30.6 Å². The Hall–Kier alpha value is -2.11. The molecule has 1 fully saturated rings. The molecule has 114 valence electrons. The second-order valence-electron chi connectivity index (χ2n) is 5.62. The quantitative estimate of drug-likeness (QED) is 0.842. The standard InChI is InChI=1S/C15H22N4O2/c1-4-13(20)17-14(12-8-16-18(3)10-12)15(21)19-7-5-6-11(2)9-19/h4,8,10-11,14H,1,5-7,9H2,2-3H3,(H,17,20)/t11-,14+/m1/s1. The summed E-state index contributed by atoms with van der Waals surface area (Å²) in [5.74, 6) is 0.0550. The smallest absolute Gasteiger partial charge is 0.249 e. The van der Waals surface area contributed by atoms with Gasteiger partial charge < -0.3 is 10.2 Å². The van der Waals surface area contributed by atoms with E-state index in [1.807, 2.05) is 4.90 Å². The number of aryl methyl sites for hydroxylation is 1. The summed E-state index contributed by atoms with van der Waals surface area (Å²) in [7, 11) is 1.78. The van der Waals surface area contributed by atoms with Crippen LogP contribution in [0.2, 0.25) is 0 Å². The average Bonchev–Trinajstić information content (AvgIpc) is 2.90. The highest BCUT2D eigenvalue weighted by molar-refractivity contribution is 5.93. The topological polar surface area (TPSA) is 67.2 Å². The van der Waals surface area contributed by atoms with Crippen LogP contribution in [0, 0.1) is 5.92 Å². The highest BCUT2D eigenvalue weighted by atomic mass is 16.2. The molecule has 0 aromatic carbocycles. The van der Waals surface area contributed by atoms with Crippen LogP contribution in [0.5, 0.6) is 0 Å². The van der Waals surface area contributed by atoms with Gasteiger partial charge in [-0.05, 0) is 24.8 Å². The predicted molar refractivity (Wildman–Crippen MR) is 79.3 cm³/mol. The second-order valence-corrected chi connectivity index (χ2v) is 5.62. The predicted octanol–water partition coefficient (Wildman–Crippen LogP) is 1.02. The van der Waals surface area contributed by atoms with E-state index in [2.05, 4.69) is 23.9 Å². The van der Waals surface area contributed by atoms with Crippen molar-refractivity contribution in [3.8, 4) is 0 Å². The number of rotatable bonds is 4. The zero-order valence-electron chi connectivity index (χ0n) is 12.6. The molecule has 2 amide bonds. The summed E-state index contributed by atoms with van der Waals surface area (Å²) in [6.07, 6.45) is 6.68. The summed E-state index contributed by atoms with van der Waals surface area (Å²) >= 11 is 0. The van der Waals surface area contributed by atoms with Gasteiger partial charge in [-0.15, -0.1) is 0 Å². The lowest BCUT2D eigenvalue weighted by Crippen LogP contribution is -2.46. The van der Waals surface area contributed by atoms with E-state index in [-0.39, 0.29) is 11.8 Å². The van der Waals surface area contributed by atoms with Gasteiger partial charge in [0, 0.05) is 31.9 Å². The van der Waals surface area contributed by atoms with Crippen LogP contribution in [0.15, 0.2) is 25.0 Å². The van der Waals surface area contributed by atoms with E-state index in [1.165, 1.54) is 6.08 Å². The molecule has 0 spiro atoms. The molecule has 6 nitrogen and oxygen atoms in total. The highest BCUT2D eigenvalue weighted by Crippen LogP contribution is 2.21. The maximum atomic E-state index is 12.7. The first-order chi connectivity index (χ1) is 10.0. The van der Waals surface area contributed by atoms with Crippen LogP contribution in [0.3, 0.4) is 0 Å². The zero-order valence-corrected chi connectivity index (χ0v) is 12.6. The van der Waals surface area contributed by atoms with Gasteiger partial charge >= 0.3 is 0 Å². The lowest BCUT2D eigenvalue weighted by atomic mass is 9.99. The van der Waals surface area contributed by atoms with Gasteiger partial charge in [0.25, 0.3) is 0 Å². The summed E-state index contributed by atoms with van der Waals surface area (Å²) < 4.78 is 1.62.